The van der Waals surface area contributed by atoms with Gasteiger partial charge in [0.1, 0.15) is 0 Å². The fraction of sp³-hybridized carbons (Fsp3) is 0.474. The zero-order valence-electron chi connectivity index (χ0n) is 16.3. The zero-order chi connectivity index (χ0) is 19.3. The molecule has 0 saturated carbocycles. The summed E-state index contributed by atoms with van der Waals surface area (Å²) in [6.45, 7) is 7.17. The Hall–Kier alpha value is -2.70. The number of ether oxygens (including phenoxy) is 2. The first-order chi connectivity index (χ1) is 12.2. The summed E-state index contributed by atoms with van der Waals surface area (Å²) in [5.41, 5.74) is 2.79. The SMILES string of the molecule is COc1ccc(CNC(=O)N(C)Cc2cc(C(C)(C)C)n[nH]2)cc1OC. The molecule has 2 amide bonds. The van der Waals surface area contributed by atoms with Gasteiger partial charge in [-0.15, -0.1) is 0 Å². The standard InChI is InChI=1S/C19H28N4O3/c1-19(2,3)17-10-14(21-22-17)12-23(4)18(24)20-11-13-7-8-15(25-5)16(9-13)26-6/h7-10H,11-12H2,1-6H3,(H,20,24)(H,21,22). The quantitative estimate of drug-likeness (QED) is 0.830. The van der Waals surface area contributed by atoms with E-state index >= 15 is 0 Å². The van der Waals surface area contributed by atoms with E-state index in [1.165, 1.54) is 0 Å². The van der Waals surface area contributed by atoms with Crippen molar-refractivity contribution in [2.75, 3.05) is 21.3 Å². The van der Waals surface area contributed by atoms with Crippen LogP contribution in [0.4, 0.5) is 4.79 Å². The highest BCUT2D eigenvalue weighted by molar-refractivity contribution is 5.73. The summed E-state index contributed by atoms with van der Waals surface area (Å²) in [5, 5.41) is 10.2. The lowest BCUT2D eigenvalue weighted by Crippen LogP contribution is -2.36. The van der Waals surface area contributed by atoms with Gasteiger partial charge in [-0.3, -0.25) is 5.10 Å². The molecule has 2 rings (SSSR count). The van der Waals surface area contributed by atoms with Crippen molar-refractivity contribution < 1.29 is 14.3 Å². The second kappa shape index (κ2) is 8.12. The lowest BCUT2D eigenvalue weighted by molar-refractivity contribution is 0.206. The fourth-order valence-electron chi connectivity index (χ4n) is 2.46. The number of nitrogens with one attached hydrogen (secondary N) is 2. The predicted molar refractivity (Wildman–Crippen MR) is 101 cm³/mol. The molecule has 0 aliphatic heterocycles. The highest BCUT2D eigenvalue weighted by Crippen LogP contribution is 2.27. The van der Waals surface area contributed by atoms with Crippen molar-refractivity contribution in [3.8, 4) is 11.5 Å². The maximum atomic E-state index is 12.3. The Morgan fingerprint density at radius 3 is 2.46 bits per heavy atom. The Bertz CT molecular complexity index is 749. The zero-order valence-corrected chi connectivity index (χ0v) is 16.3. The van der Waals surface area contributed by atoms with E-state index in [9.17, 15) is 4.79 Å². The van der Waals surface area contributed by atoms with Crippen LogP contribution < -0.4 is 14.8 Å². The summed E-state index contributed by atoms with van der Waals surface area (Å²) in [6, 6.07) is 7.41. The molecule has 2 N–H and O–H groups in total. The first-order valence-corrected chi connectivity index (χ1v) is 8.49. The third kappa shape index (κ3) is 4.91. The molecule has 7 heteroatoms. The van der Waals surface area contributed by atoms with Gasteiger partial charge in [-0.05, 0) is 23.8 Å². The molecule has 26 heavy (non-hydrogen) atoms. The van der Waals surface area contributed by atoms with Crippen LogP contribution in [0.25, 0.3) is 0 Å². The van der Waals surface area contributed by atoms with Gasteiger partial charge in [-0.25, -0.2) is 4.79 Å². The second-order valence-electron chi connectivity index (χ2n) is 7.23. The van der Waals surface area contributed by atoms with Crippen molar-refractivity contribution in [2.24, 2.45) is 0 Å². The number of hydrogen-bond acceptors (Lipinski definition) is 4. The maximum absolute atomic E-state index is 12.3. The molecule has 1 aromatic carbocycles. The van der Waals surface area contributed by atoms with Gasteiger partial charge in [0.15, 0.2) is 11.5 Å². The lowest BCUT2D eigenvalue weighted by Gasteiger charge is -2.17. The van der Waals surface area contributed by atoms with Gasteiger partial charge in [0.25, 0.3) is 0 Å². The van der Waals surface area contributed by atoms with Crippen LogP contribution in [0.1, 0.15) is 37.7 Å². The molecule has 2 aromatic rings. The third-order valence-electron chi connectivity index (χ3n) is 4.05. The largest absolute Gasteiger partial charge is 0.493 e. The van der Waals surface area contributed by atoms with Gasteiger partial charge in [0.05, 0.1) is 32.2 Å². The molecule has 0 aliphatic rings. The highest BCUT2D eigenvalue weighted by atomic mass is 16.5. The normalized spacial score (nSPS) is 11.2. The molecule has 0 bridgehead atoms. The number of amides is 2. The number of benzene rings is 1. The molecule has 0 aliphatic carbocycles. The van der Waals surface area contributed by atoms with Gasteiger partial charge in [-0.2, -0.15) is 5.10 Å². The van der Waals surface area contributed by atoms with E-state index < -0.39 is 0 Å². The molecule has 0 fully saturated rings. The smallest absolute Gasteiger partial charge is 0.317 e. The number of carbonyl (C=O) groups excluding carboxylic acids is 1. The second-order valence-corrected chi connectivity index (χ2v) is 7.23. The van der Waals surface area contributed by atoms with E-state index in [-0.39, 0.29) is 11.4 Å². The van der Waals surface area contributed by atoms with E-state index in [4.69, 9.17) is 9.47 Å². The van der Waals surface area contributed by atoms with Crippen LogP contribution in [0.3, 0.4) is 0 Å². The van der Waals surface area contributed by atoms with Crippen LogP contribution in [0.15, 0.2) is 24.3 Å². The number of carbonyl (C=O) groups is 1. The van der Waals surface area contributed by atoms with Gasteiger partial charge < -0.3 is 19.7 Å². The van der Waals surface area contributed by atoms with E-state index in [0.717, 1.165) is 17.0 Å². The topological polar surface area (TPSA) is 79.5 Å². The van der Waals surface area contributed by atoms with E-state index in [1.807, 2.05) is 24.3 Å². The van der Waals surface area contributed by atoms with E-state index in [1.54, 1.807) is 26.2 Å². The Kier molecular flexibility index (Phi) is 6.13. The highest BCUT2D eigenvalue weighted by Gasteiger charge is 2.18. The van der Waals surface area contributed by atoms with Crippen molar-refractivity contribution in [2.45, 2.75) is 39.3 Å². The van der Waals surface area contributed by atoms with Crippen molar-refractivity contribution >= 4 is 6.03 Å². The van der Waals surface area contributed by atoms with Gasteiger partial charge in [0.2, 0.25) is 0 Å². The minimum Gasteiger partial charge on any atom is -0.493 e. The summed E-state index contributed by atoms with van der Waals surface area (Å²) in [6.07, 6.45) is 0. The summed E-state index contributed by atoms with van der Waals surface area (Å²) < 4.78 is 10.5. The lowest BCUT2D eigenvalue weighted by atomic mass is 9.92. The van der Waals surface area contributed by atoms with Crippen LogP contribution in [-0.2, 0) is 18.5 Å². The predicted octanol–water partition coefficient (Wildman–Crippen LogP) is 3.07. The Morgan fingerprint density at radius 1 is 1.19 bits per heavy atom. The Morgan fingerprint density at radius 2 is 1.88 bits per heavy atom. The summed E-state index contributed by atoms with van der Waals surface area (Å²) in [7, 11) is 4.93. The fourth-order valence-corrected chi connectivity index (χ4v) is 2.46. The summed E-state index contributed by atoms with van der Waals surface area (Å²) in [4.78, 5) is 13.9. The first-order valence-electron chi connectivity index (χ1n) is 8.49. The molecule has 0 atom stereocenters. The molecule has 1 heterocycles. The number of aromatic amines is 1. The van der Waals surface area contributed by atoms with Crippen LogP contribution in [0.2, 0.25) is 0 Å². The number of H-pyrrole nitrogens is 1. The average Bonchev–Trinajstić information content (AvgIpc) is 3.08. The molecule has 0 saturated heterocycles. The number of aromatic nitrogens is 2. The maximum Gasteiger partial charge on any atom is 0.317 e. The third-order valence-corrected chi connectivity index (χ3v) is 4.05. The van der Waals surface area contributed by atoms with Gasteiger partial charge in [0, 0.05) is 19.0 Å². The van der Waals surface area contributed by atoms with Crippen LogP contribution in [0.5, 0.6) is 11.5 Å². The van der Waals surface area contributed by atoms with Crippen molar-refractivity contribution in [3.05, 3.63) is 41.2 Å². The van der Waals surface area contributed by atoms with Crippen LogP contribution in [0, 0.1) is 0 Å². The monoisotopic (exact) mass is 360 g/mol. The molecule has 0 spiro atoms. The van der Waals surface area contributed by atoms with E-state index in [2.05, 4.69) is 36.3 Å². The van der Waals surface area contributed by atoms with Crippen molar-refractivity contribution in [3.63, 3.8) is 0 Å². The number of methoxy groups -OCH3 is 2. The van der Waals surface area contributed by atoms with Crippen LogP contribution >= 0.6 is 0 Å². The first kappa shape index (κ1) is 19.6. The number of hydrogen-bond donors (Lipinski definition) is 2. The molecule has 0 unspecified atom stereocenters. The summed E-state index contributed by atoms with van der Waals surface area (Å²) in [5.74, 6) is 1.30. The number of urea groups is 1. The molecule has 1 aromatic heterocycles. The minimum absolute atomic E-state index is 0.0248. The average molecular weight is 360 g/mol. The number of rotatable bonds is 6. The van der Waals surface area contributed by atoms with E-state index in [0.29, 0.717) is 24.6 Å². The van der Waals surface area contributed by atoms with Crippen molar-refractivity contribution in [1.82, 2.24) is 20.4 Å². The van der Waals surface area contributed by atoms with Crippen LogP contribution in [-0.4, -0.2) is 42.4 Å². The molecular weight excluding hydrogens is 332 g/mol. The summed E-state index contributed by atoms with van der Waals surface area (Å²) >= 11 is 0. The van der Waals surface area contributed by atoms with Gasteiger partial charge in [-0.1, -0.05) is 26.8 Å². The molecule has 7 nitrogen and oxygen atoms in total. The minimum atomic E-state index is -0.160. The van der Waals surface area contributed by atoms with Crippen molar-refractivity contribution in [1.29, 1.82) is 0 Å². The van der Waals surface area contributed by atoms with Gasteiger partial charge >= 0.3 is 6.03 Å². The number of nitrogens with zero attached hydrogens (tertiary/aromatic N) is 2. The Balaban J connectivity index is 1.92. The molecule has 142 valence electrons. The molecule has 0 radical (unpaired) electrons. The Labute approximate surface area is 154 Å². The molecular formula is C19H28N4O3.